The molecule has 5 N–H and O–H groups in total. The van der Waals surface area contributed by atoms with Crippen LogP contribution in [0, 0.1) is 5.82 Å². The first-order chi connectivity index (χ1) is 35.3. The van der Waals surface area contributed by atoms with Crippen molar-refractivity contribution in [2.24, 2.45) is 5.73 Å². The second-order valence-electron chi connectivity index (χ2n) is 17.3. The minimum atomic E-state index is -1.04. The van der Waals surface area contributed by atoms with Gasteiger partial charge in [-0.3, -0.25) is 34.2 Å². The number of nitrogens with one attached hydrogen (secondary N) is 2. The number of hydrogen-bond acceptors (Lipinski definition) is 16. The highest BCUT2D eigenvalue weighted by atomic mass is 35.5. The van der Waals surface area contributed by atoms with Crippen molar-refractivity contribution in [3.8, 4) is 22.6 Å². The van der Waals surface area contributed by atoms with Crippen LogP contribution in [0.5, 0.6) is 11.5 Å². The topological polar surface area (TPSA) is 258 Å². The number of nitrogens with zero attached hydrogens (tertiary/aromatic N) is 6. The number of amides is 7. The quantitative estimate of drug-likeness (QED) is 0.0534. The number of anilines is 2. The van der Waals surface area contributed by atoms with Crippen LogP contribution in [0.3, 0.4) is 0 Å². The van der Waals surface area contributed by atoms with E-state index in [0.29, 0.717) is 106 Å². The zero-order valence-electron chi connectivity index (χ0n) is 40.0. The fraction of sp³-hybridized carbons (Fsp3) is 0.400. The van der Waals surface area contributed by atoms with Gasteiger partial charge in [0.2, 0.25) is 23.7 Å². The second kappa shape index (κ2) is 24.0. The molecular formula is C50H55ClFN9O12. The predicted molar refractivity (Wildman–Crippen MR) is 265 cm³/mol. The summed E-state index contributed by atoms with van der Waals surface area (Å²) < 4.78 is 44.9. The van der Waals surface area contributed by atoms with E-state index in [2.05, 4.69) is 15.6 Å². The van der Waals surface area contributed by atoms with E-state index < -0.39 is 41.5 Å². The Morgan fingerprint density at radius 3 is 2.21 bits per heavy atom. The van der Waals surface area contributed by atoms with Crippen LogP contribution in [-0.2, 0) is 33.3 Å². The third-order valence-corrected chi connectivity index (χ3v) is 12.8. The van der Waals surface area contributed by atoms with Crippen LogP contribution in [0.25, 0.3) is 32.8 Å². The van der Waals surface area contributed by atoms with E-state index in [1.54, 1.807) is 30.1 Å². The third kappa shape index (κ3) is 12.3. The van der Waals surface area contributed by atoms with Gasteiger partial charge in [0.05, 0.1) is 69.0 Å². The number of fused-ring (bicyclic) bond motifs is 3. The normalized spacial score (nSPS) is 15.8. The molecule has 2 saturated heterocycles. The van der Waals surface area contributed by atoms with E-state index in [9.17, 15) is 33.9 Å². The number of carbonyl (C=O) groups excluding carboxylic acids is 6. The molecule has 0 radical (unpaired) electrons. The Morgan fingerprint density at radius 2 is 1.51 bits per heavy atom. The van der Waals surface area contributed by atoms with E-state index in [4.69, 9.17) is 46.0 Å². The lowest BCUT2D eigenvalue weighted by Crippen LogP contribution is -2.54. The Morgan fingerprint density at radius 1 is 0.836 bits per heavy atom. The van der Waals surface area contributed by atoms with Crippen LogP contribution in [0.4, 0.5) is 21.0 Å². The lowest BCUT2D eigenvalue weighted by atomic mass is 9.96. The van der Waals surface area contributed by atoms with Gasteiger partial charge in [0, 0.05) is 70.1 Å². The zero-order chi connectivity index (χ0) is 51.6. The van der Waals surface area contributed by atoms with Crippen molar-refractivity contribution in [2.45, 2.75) is 25.3 Å². The zero-order valence-corrected chi connectivity index (χ0v) is 40.8. The molecule has 0 bridgehead atoms. The molecule has 0 saturated carbocycles. The van der Waals surface area contributed by atoms with Gasteiger partial charge in [-0.25, -0.2) is 14.2 Å². The number of carbonyl (C=O) groups is 6. The summed E-state index contributed by atoms with van der Waals surface area (Å²) in [5.41, 5.74) is 6.26. The second-order valence-corrected chi connectivity index (χ2v) is 17.7. The summed E-state index contributed by atoms with van der Waals surface area (Å²) in [6.45, 7) is 4.50. The largest absolute Gasteiger partial charge is 0.508 e. The van der Waals surface area contributed by atoms with Crippen molar-refractivity contribution in [2.75, 3.05) is 116 Å². The van der Waals surface area contributed by atoms with E-state index in [1.165, 1.54) is 23.1 Å². The number of imide groups is 2. The fourth-order valence-corrected chi connectivity index (χ4v) is 9.00. The molecule has 2 fully saturated rings. The molecule has 386 valence electrons. The molecule has 0 spiro atoms. The van der Waals surface area contributed by atoms with Crippen LogP contribution < -0.4 is 26.0 Å². The van der Waals surface area contributed by atoms with Gasteiger partial charge in [-0.15, -0.1) is 0 Å². The molecule has 1 atom stereocenters. The minimum absolute atomic E-state index is 0.0139. The molecule has 4 heterocycles. The molecule has 21 nitrogen and oxygen atoms in total. The smallest absolute Gasteiger partial charge is 0.314 e. The van der Waals surface area contributed by atoms with Crippen LogP contribution in [0.15, 0.2) is 60.7 Å². The van der Waals surface area contributed by atoms with Gasteiger partial charge in [0.25, 0.3) is 11.8 Å². The number of primary amides is 1. The molecule has 73 heavy (non-hydrogen) atoms. The molecule has 8 rings (SSSR count). The maximum atomic E-state index is 16.9. The average Bonchev–Trinajstić information content (AvgIpc) is 3.62. The van der Waals surface area contributed by atoms with Gasteiger partial charge < -0.3 is 54.5 Å². The molecule has 4 aromatic carbocycles. The summed E-state index contributed by atoms with van der Waals surface area (Å²) in [6, 6.07) is 14.8. The Labute approximate surface area is 423 Å². The monoisotopic (exact) mass is 1030 g/mol. The number of phenols is 1. The SMILES string of the molecule is CN(CCOCCOCCOCCOCCOc1ccc2c(c1)C(=O)N(C1CCC(=O)NC1=O)C2=O)C(=O)CCNc1nc(N2CCN(C(N)=O)CC2)c2cc(Cl)c(-c3cc(O)cc4ccccc34)c(F)c2n1. The number of hydrogen-bond donors (Lipinski definition) is 4. The summed E-state index contributed by atoms with van der Waals surface area (Å²) in [7, 11) is 1.67. The number of halogens is 2. The number of ether oxygens (including phenoxy) is 5. The standard InChI is InChI=1S/C50H55ClFN9O12/c1-58(16-17-69-18-19-70-20-21-71-22-23-72-24-25-73-32-6-7-34-36(28-32)48(67)61(47(34)66)39-8-9-40(63)55-46(39)65)41(64)10-11-54-50-56-44-37(45(57-50)59-12-14-60(15-13-59)49(53)68)29-38(51)42(43(44)52)35-27-31(62)26-30-4-2-3-5-33(30)35/h2-7,26-29,39,62H,8-25H2,1H3,(H2,53,68)(H,54,56,57)(H,55,63,65). The number of likely N-dealkylation sites (N-methyl/N-ethyl adjacent to an activating group) is 1. The molecule has 3 aliphatic rings. The number of piperidine rings is 1. The first-order valence-electron chi connectivity index (χ1n) is 23.8. The first-order valence-corrected chi connectivity index (χ1v) is 24.1. The number of piperazine rings is 1. The first kappa shape index (κ1) is 52.1. The molecule has 7 amide bonds. The summed E-state index contributed by atoms with van der Waals surface area (Å²) >= 11 is 6.84. The highest BCUT2D eigenvalue weighted by Gasteiger charge is 2.44. The van der Waals surface area contributed by atoms with Crippen molar-refractivity contribution in [3.63, 3.8) is 0 Å². The fourth-order valence-electron chi connectivity index (χ4n) is 8.71. The van der Waals surface area contributed by atoms with Gasteiger partial charge in [-0.2, -0.15) is 4.98 Å². The van der Waals surface area contributed by atoms with Crippen LogP contribution in [0.2, 0.25) is 5.02 Å². The number of rotatable bonds is 23. The highest BCUT2D eigenvalue weighted by molar-refractivity contribution is 6.35. The van der Waals surface area contributed by atoms with Gasteiger partial charge in [-0.05, 0) is 59.2 Å². The number of urea groups is 1. The predicted octanol–water partition coefficient (Wildman–Crippen LogP) is 3.96. The maximum absolute atomic E-state index is 16.9. The Hall–Kier alpha value is -7.24. The molecule has 1 unspecified atom stereocenters. The number of phenolic OH excluding ortho intramolecular Hbond substituents is 1. The number of aromatic hydroxyl groups is 1. The van der Waals surface area contributed by atoms with Crippen molar-refractivity contribution >= 4 is 80.6 Å². The van der Waals surface area contributed by atoms with Crippen molar-refractivity contribution < 1.29 is 61.9 Å². The molecule has 23 heteroatoms. The van der Waals surface area contributed by atoms with Crippen molar-refractivity contribution in [1.29, 1.82) is 0 Å². The Bertz CT molecular complexity index is 2900. The molecule has 5 aromatic rings. The van der Waals surface area contributed by atoms with Gasteiger partial charge in [0.1, 0.15) is 35.5 Å². The van der Waals surface area contributed by atoms with Gasteiger partial charge in [-0.1, -0.05) is 35.9 Å². The average molecular weight is 1030 g/mol. The van der Waals surface area contributed by atoms with Gasteiger partial charge in [0.15, 0.2) is 5.82 Å². The van der Waals surface area contributed by atoms with E-state index >= 15 is 4.39 Å². The number of benzene rings is 4. The summed E-state index contributed by atoms with van der Waals surface area (Å²) in [5.74, 6) is -2.40. The van der Waals surface area contributed by atoms with Crippen LogP contribution in [0.1, 0.15) is 40.0 Å². The van der Waals surface area contributed by atoms with Gasteiger partial charge >= 0.3 is 6.03 Å². The lowest BCUT2D eigenvalue weighted by molar-refractivity contribution is -0.136. The molecular weight excluding hydrogens is 973 g/mol. The molecule has 3 aliphatic heterocycles. The molecule has 1 aromatic heterocycles. The minimum Gasteiger partial charge on any atom is -0.508 e. The van der Waals surface area contributed by atoms with Crippen molar-refractivity contribution in [3.05, 3.63) is 82.6 Å². The summed E-state index contributed by atoms with van der Waals surface area (Å²) in [5, 5.41) is 17.7. The number of nitrogens with two attached hydrogens (primary N) is 1. The summed E-state index contributed by atoms with van der Waals surface area (Å²) in [6.07, 6.45) is 0.190. The third-order valence-electron chi connectivity index (χ3n) is 12.5. The van der Waals surface area contributed by atoms with Crippen LogP contribution >= 0.6 is 11.6 Å². The van der Waals surface area contributed by atoms with E-state index in [0.717, 1.165) is 4.90 Å². The van der Waals surface area contributed by atoms with E-state index in [1.807, 2.05) is 29.2 Å². The Balaban J connectivity index is 0.713. The summed E-state index contributed by atoms with van der Waals surface area (Å²) in [4.78, 5) is 89.8. The van der Waals surface area contributed by atoms with Crippen LogP contribution in [-0.4, -0.2) is 177 Å². The Kier molecular flexibility index (Phi) is 17.1. The molecule has 0 aliphatic carbocycles. The van der Waals surface area contributed by atoms with Crippen molar-refractivity contribution in [1.82, 2.24) is 30.0 Å². The number of aromatic nitrogens is 2. The maximum Gasteiger partial charge on any atom is 0.314 e. The lowest BCUT2D eigenvalue weighted by Gasteiger charge is -2.35. The van der Waals surface area contributed by atoms with E-state index in [-0.39, 0.29) is 90.5 Å². The highest BCUT2D eigenvalue weighted by Crippen LogP contribution is 2.42.